The van der Waals surface area contributed by atoms with Gasteiger partial charge in [0.15, 0.2) is 0 Å². The lowest BCUT2D eigenvalue weighted by molar-refractivity contribution is 0.0995. The molecular weight excluding hydrogens is 316 g/mol. The van der Waals surface area contributed by atoms with Crippen LogP contribution in [0.5, 0.6) is 0 Å². The molecule has 0 aliphatic carbocycles. The number of primary amides is 1. The number of nitrogens with one attached hydrogen (secondary N) is 1. The quantitative estimate of drug-likeness (QED) is 0.767. The Labute approximate surface area is 144 Å². The van der Waals surface area contributed by atoms with Crippen molar-refractivity contribution in [2.45, 2.75) is 6.92 Å². The summed E-state index contributed by atoms with van der Waals surface area (Å²) in [6.07, 6.45) is 1.63. The minimum Gasteiger partial charge on any atom is -0.366 e. The Kier molecular flexibility index (Phi) is 4.52. The van der Waals surface area contributed by atoms with Crippen LogP contribution < -0.4 is 11.1 Å². The maximum Gasteiger partial charge on any atom is 0.276 e. The van der Waals surface area contributed by atoms with Crippen LogP contribution >= 0.6 is 0 Å². The molecule has 1 heterocycles. The van der Waals surface area contributed by atoms with E-state index in [4.69, 9.17) is 5.73 Å². The van der Waals surface area contributed by atoms with E-state index in [1.807, 2.05) is 30.3 Å². The summed E-state index contributed by atoms with van der Waals surface area (Å²) in [6.45, 7) is 1.72. The number of nitrogens with zero attached hydrogens (tertiary/aromatic N) is 2. The van der Waals surface area contributed by atoms with Crippen molar-refractivity contribution < 1.29 is 9.59 Å². The molecule has 25 heavy (non-hydrogen) atoms. The molecule has 6 heteroatoms. The van der Waals surface area contributed by atoms with Crippen LogP contribution in [-0.2, 0) is 0 Å². The highest BCUT2D eigenvalue weighted by molar-refractivity contribution is 6.04. The Morgan fingerprint density at radius 3 is 2.52 bits per heavy atom. The van der Waals surface area contributed by atoms with Crippen molar-refractivity contribution in [3.8, 4) is 11.3 Å². The second-order valence-electron chi connectivity index (χ2n) is 5.45. The zero-order valence-electron chi connectivity index (χ0n) is 13.6. The largest absolute Gasteiger partial charge is 0.366 e. The van der Waals surface area contributed by atoms with Gasteiger partial charge in [0.05, 0.1) is 17.6 Å². The SMILES string of the molecule is Cc1ncc(-c2ccccc2)nc1C(=O)Nc1cccc(C(N)=O)c1. The normalized spacial score (nSPS) is 10.3. The maximum absolute atomic E-state index is 12.6. The molecule has 3 rings (SSSR count). The molecule has 1 aromatic heterocycles. The molecular formula is C19H16N4O2. The molecule has 124 valence electrons. The summed E-state index contributed by atoms with van der Waals surface area (Å²) in [5.41, 5.74) is 8.28. The number of nitrogens with two attached hydrogens (primary N) is 1. The van der Waals surface area contributed by atoms with Crippen LogP contribution in [0, 0.1) is 6.92 Å². The summed E-state index contributed by atoms with van der Waals surface area (Å²) in [4.78, 5) is 32.5. The second-order valence-corrected chi connectivity index (χ2v) is 5.45. The maximum atomic E-state index is 12.6. The average molecular weight is 332 g/mol. The molecule has 0 fully saturated rings. The van der Waals surface area contributed by atoms with Gasteiger partial charge in [0.2, 0.25) is 5.91 Å². The Morgan fingerprint density at radius 2 is 1.80 bits per heavy atom. The number of hydrogen-bond donors (Lipinski definition) is 2. The fourth-order valence-corrected chi connectivity index (χ4v) is 2.35. The van der Waals surface area contributed by atoms with Crippen LogP contribution in [0.2, 0.25) is 0 Å². The zero-order chi connectivity index (χ0) is 17.8. The topological polar surface area (TPSA) is 98.0 Å². The lowest BCUT2D eigenvalue weighted by Gasteiger charge is -2.09. The van der Waals surface area contributed by atoms with Crippen LogP contribution in [0.15, 0.2) is 60.8 Å². The van der Waals surface area contributed by atoms with Gasteiger partial charge in [0.25, 0.3) is 5.91 Å². The van der Waals surface area contributed by atoms with Gasteiger partial charge in [-0.3, -0.25) is 14.6 Å². The fraction of sp³-hybridized carbons (Fsp3) is 0.0526. The van der Waals surface area contributed by atoms with Crippen LogP contribution in [0.25, 0.3) is 11.3 Å². The zero-order valence-corrected chi connectivity index (χ0v) is 13.6. The summed E-state index contributed by atoms with van der Waals surface area (Å²) in [5, 5.41) is 2.72. The van der Waals surface area contributed by atoms with Gasteiger partial charge in [-0.1, -0.05) is 36.4 Å². The smallest absolute Gasteiger partial charge is 0.276 e. The number of amides is 2. The molecule has 0 atom stereocenters. The molecule has 0 unspecified atom stereocenters. The fourth-order valence-electron chi connectivity index (χ4n) is 2.35. The van der Waals surface area contributed by atoms with Crippen LogP contribution in [0.3, 0.4) is 0 Å². The molecule has 0 saturated heterocycles. The van der Waals surface area contributed by atoms with Gasteiger partial charge >= 0.3 is 0 Å². The van der Waals surface area contributed by atoms with Crippen molar-refractivity contribution in [1.82, 2.24) is 9.97 Å². The van der Waals surface area contributed by atoms with Crippen molar-refractivity contribution in [3.63, 3.8) is 0 Å². The second kappa shape index (κ2) is 6.92. The molecule has 0 radical (unpaired) electrons. The molecule has 0 spiro atoms. The monoisotopic (exact) mass is 332 g/mol. The van der Waals surface area contributed by atoms with E-state index < -0.39 is 11.8 Å². The van der Waals surface area contributed by atoms with Gasteiger partial charge in [-0.2, -0.15) is 0 Å². The standard InChI is InChI=1S/C19H16N4O2/c1-12-17(23-16(11-21-12)13-6-3-2-4-7-13)19(25)22-15-9-5-8-14(10-15)18(20)24/h2-11H,1H3,(H2,20,24)(H,22,25). The third kappa shape index (κ3) is 3.69. The predicted octanol–water partition coefficient (Wildman–Crippen LogP) is 2.80. The first kappa shape index (κ1) is 16.3. The highest BCUT2D eigenvalue weighted by Gasteiger charge is 2.14. The number of rotatable bonds is 4. The van der Waals surface area contributed by atoms with E-state index in [0.29, 0.717) is 22.6 Å². The molecule has 3 aromatic rings. The third-order valence-electron chi connectivity index (χ3n) is 3.65. The van der Waals surface area contributed by atoms with Crippen molar-refractivity contribution in [2.75, 3.05) is 5.32 Å². The number of aromatic nitrogens is 2. The molecule has 0 saturated carbocycles. The van der Waals surface area contributed by atoms with E-state index in [9.17, 15) is 9.59 Å². The third-order valence-corrected chi connectivity index (χ3v) is 3.65. The van der Waals surface area contributed by atoms with E-state index in [0.717, 1.165) is 5.56 Å². The first-order valence-corrected chi connectivity index (χ1v) is 7.65. The molecule has 2 amide bonds. The van der Waals surface area contributed by atoms with E-state index in [1.165, 1.54) is 6.07 Å². The van der Waals surface area contributed by atoms with E-state index in [2.05, 4.69) is 15.3 Å². The molecule has 0 aliphatic heterocycles. The molecule has 0 aliphatic rings. The summed E-state index contributed by atoms with van der Waals surface area (Å²) in [7, 11) is 0. The van der Waals surface area contributed by atoms with Crippen molar-refractivity contribution >= 4 is 17.5 Å². The predicted molar refractivity (Wildman–Crippen MR) is 95.1 cm³/mol. The Hall–Kier alpha value is -3.54. The number of carbonyl (C=O) groups excluding carboxylic acids is 2. The molecule has 0 bridgehead atoms. The Bertz CT molecular complexity index is 939. The van der Waals surface area contributed by atoms with Gasteiger partial charge in [-0.25, -0.2) is 4.98 Å². The van der Waals surface area contributed by atoms with E-state index in [-0.39, 0.29) is 5.69 Å². The minimum atomic E-state index is -0.557. The van der Waals surface area contributed by atoms with Gasteiger partial charge in [-0.15, -0.1) is 0 Å². The summed E-state index contributed by atoms with van der Waals surface area (Å²) in [5.74, 6) is -0.956. The molecule has 6 nitrogen and oxygen atoms in total. The first-order chi connectivity index (χ1) is 12.0. The van der Waals surface area contributed by atoms with Crippen LogP contribution in [-0.4, -0.2) is 21.8 Å². The summed E-state index contributed by atoms with van der Waals surface area (Å²) >= 11 is 0. The Morgan fingerprint density at radius 1 is 1.04 bits per heavy atom. The van der Waals surface area contributed by atoms with Gasteiger partial charge < -0.3 is 11.1 Å². The van der Waals surface area contributed by atoms with Gasteiger partial charge in [0.1, 0.15) is 5.69 Å². The van der Waals surface area contributed by atoms with E-state index in [1.54, 1.807) is 31.3 Å². The highest BCUT2D eigenvalue weighted by Crippen LogP contribution is 2.18. The lowest BCUT2D eigenvalue weighted by Crippen LogP contribution is -2.17. The lowest BCUT2D eigenvalue weighted by atomic mass is 10.1. The number of aryl methyl sites for hydroxylation is 1. The van der Waals surface area contributed by atoms with Crippen molar-refractivity contribution in [2.24, 2.45) is 5.73 Å². The highest BCUT2D eigenvalue weighted by atomic mass is 16.2. The number of benzene rings is 2. The number of anilines is 1. The van der Waals surface area contributed by atoms with Gasteiger partial charge in [-0.05, 0) is 25.1 Å². The van der Waals surface area contributed by atoms with Crippen LogP contribution in [0.4, 0.5) is 5.69 Å². The minimum absolute atomic E-state index is 0.228. The molecule has 2 aromatic carbocycles. The van der Waals surface area contributed by atoms with Crippen LogP contribution in [0.1, 0.15) is 26.5 Å². The number of carbonyl (C=O) groups is 2. The first-order valence-electron chi connectivity index (χ1n) is 7.65. The number of hydrogen-bond acceptors (Lipinski definition) is 4. The Balaban J connectivity index is 1.89. The average Bonchev–Trinajstić information content (AvgIpc) is 2.63. The molecule has 3 N–H and O–H groups in total. The van der Waals surface area contributed by atoms with Crippen molar-refractivity contribution in [1.29, 1.82) is 0 Å². The van der Waals surface area contributed by atoms with E-state index >= 15 is 0 Å². The summed E-state index contributed by atoms with van der Waals surface area (Å²) < 4.78 is 0. The van der Waals surface area contributed by atoms with Gasteiger partial charge in [0, 0.05) is 16.8 Å². The van der Waals surface area contributed by atoms with Crippen molar-refractivity contribution in [3.05, 3.63) is 77.7 Å². The summed E-state index contributed by atoms with van der Waals surface area (Å²) in [6, 6.07) is 15.9.